The predicted molar refractivity (Wildman–Crippen MR) is 58.9 cm³/mol. The van der Waals surface area contributed by atoms with E-state index in [1.165, 1.54) is 20.2 Å². The lowest BCUT2D eigenvalue weighted by molar-refractivity contribution is -0.811. The van der Waals surface area contributed by atoms with Gasteiger partial charge in [-0.2, -0.15) is 13.2 Å². The second kappa shape index (κ2) is 3.95. The Bertz CT molecular complexity index is 567. The lowest BCUT2D eigenvalue weighted by Gasteiger charge is -2.20. The number of quaternary nitrogens is 1. The Balaban J connectivity index is 2.45. The van der Waals surface area contributed by atoms with Crippen LogP contribution in [0, 0.1) is 0 Å². The van der Waals surface area contributed by atoms with Gasteiger partial charge in [-0.15, -0.1) is 4.59 Å². The Kier molecular flexibility index (Phi) is 2.78. The largest absolute Gasteiger partial charge is 0.842 e. The molecule has 0 bridgehead atoms. The summed E-state index contributed by atoms with van der Waals surface area (Å²) < 4.78 is 37.2. The molecule has 1 aromatic rings. The van der Waals surface area contributed by atoms with Gasteiger partial charge in [-0.1, -0.05) is 11.2 Å². The van der Waals surface area contributed by atoms with Gasteiger partial charge in [0, 0.05) is 0 Å². The van der Waals surface area contributed by atoms with Crippen molar-refractivity contribution in [3.05, 3.63) is 29.8 Å². The van der Waals surface area contributed by atoms with E-state index in [-0.39, 0.29) is 5.69 Å². The molecule has 0 spiro atoms. The van der Waals surface area contributed by atoms with Crippen LogP contribution in [0.25, 0.3) is 0 Å². The van der Waals surface area contributed by atoms with Gasteiger partial charge in [0.2, 0.25) is 0 Å². The molecule has 0 aliphatic carbocycles. The standard InChI is InChI=1S/C11H10F3N3O2/c1-17(2)10(19)16(9(18)15-17)8-5-3-4-7(6-8)11(12,13)14/h3-6H,1-2H3. The smallest absolute Gasteiger partial charge is 0.454 e. The van der Waals surface area contributed by atoms with Gasteiger partial charge >= 0.3 is 12.2 Å². The second-order valence-electron chi connectivity index (χ2n) is 4.44. The van der Waals surface area contributed by atoms with E-state index in [0.29, 0.717) is 4.90 Å². The molecule has 2 amide bonds. The maximum Gasteiger partial charge on any atom is 0.454 e. The summed E-state index contributed by atoms with van der Waals surface area (Å²) in [6, 6.07) is 2.42. The molecular formula is C11H10F3N3O2. The molecule has 1 aliphatic heterocycles. The molecule has 0 fully saturated rings. The van der Waals surface area contributed by atoms with E-state index in [0.717, 1.165) is 18.2 Å². The van der Waals surface area contributed by atoms with Crippen LogP contribution in [0.4, 0.5) is 23.7 Å². The van der Waals surface area contributed by atoms with E-state index in [2.05, 4.69) is 5.10 Å². The summed E-state index contributed by atoms with van der Waals surface area (Å²) in [4.78, 5) is 12.5. The third kappa shape index (κ3) is 2.26. The van der Waals surface area contributed by atoms with Crippen molar-refractivity contribution in [2.75, 3.05) is 19.0 Å². The molecule has 8 heteroatoms. The van der Waals surface area contributed by atoms with E-state index in [1.54, 1.807) is 0 Å². The molecule has 1 aliphatic rings. The number of alkyl halides is 3. The van der Waals surface area contributed by atoms with Gasteiger partial charge in [-0.05, 0) is 18.2 Å². The molecule has 0 N–H and O–H groups in total. The van der Waals surface area contributed by atoms with Gasteiger partial charge in [0.15, 0.2) is 0 Å². The number of urea groups is 1. The third-order valence-electron chi connectivity index (χ3n) is 2.62. The molecule has 0 atom stereocenters. The van der Waals surface area contributed by atoms with Gasteiger partial charge < -0.3 is 5.11 Å². The molecule has 2 rings (SSSR count). The molecule has 102 valence electrons. The number of amides is 2. The van der Waals surface area contributed by atoms with E-state index in [4.69, 9.17) is 0 Å². The van der Waals surface area contributed by atoms with Crippen LogP contribution < -0.4 is 10.0 Å². The molecule has 19 heavy (non-hydrogen) atoms. The molecular weight excluding hydrogens is 263 g/mol. The highest BCUT2D eigenvalue weighted by Gasteiger charge is 2.41. The summed E-state index contributed by atoms with van der Waals surface area (Å²) in [5.41, 5.74) is -1.07. The summed E-state index contributed by atoms with van der Waals surface area (Å²) in [6.45, 7) is 0. The van der Waals surface area contributed by atoms with Crippen molar-refractivity contribution in [1.82, 2.24) is 0 Å². The molecule has 1 heterocycles. The van der Waals surface area contributed by atoms with Crippen molar-refractivity contribution in [3.63, 3.8) is 0 Å². The lowest BCUT2D eigenvalue weighted by Crippen LogP contribution is -2.46. The Morgan fingerprint density at radius 1 is 1.32 bits per heavy atom. The average molecular weight is 273 g/mol. The van der Waals surface area contributed by atoms with Crippen molar-refractivity contribution in [2.45, 2.75) is 6.18 Å². The van der Waals surface area contributed by atoms with E-state index in [1.807, 2.05) is 0 Å². The van der Waals surface area contributed by atoms with Crippen molar-refractivity contribution in [2.24, 2.45) is 5.10 Å². The number of halogens is 3. The van der Waals surface area contributed by atoms with Crippen LogP contribution >= 0.6 is 0 Å². The quantitative estimate of drug-likeness (QED) is 0.725. The zero-order chi connectivity index (χ0) is 14.4. The first-order chi connectivity index (χ1) is 8.63. The summed E-state index contributed by atoms with van der Waals surface area (Å²) in [5, 5.41) is 15.1. The van der Waals surface area contributed by atoms with Gasteiger partial charge in [0.05, 0.1) is 11.3 Å². The Labute approximate surface area is 106 Å². The third-order valence-corrected chi connectivity index (χ3v) is 2.62. The Hall–Kier alpha value is -2.09. The Morgan fingerprint density at radius 3 is 2.42 bits per heavy atom. The van der Waals surface area contributed by atoms with Crippen LogP contribution in [0.15, 0.2) is 29.4 Å². The van der Waals surface area contributed by atoms with Gasteiger partial charge in [0.1, 0.15) is 20.1 Å². The highest BCUT2D eigenvalue weighted by Crippen LogP contribution is 2.32. The topological polar surface area (TPSA) is 55.7 Å². The number of anilines is 1. The normalized spacial score (nSPS) is 18.7. The predicted octanol–water partition coefficient (Wildman–Crippen LogP) is 1.35. The van der Waals surface area contributed by atoms with Crippen LogP contribution in [-0.4, -0.2) is 30.7 Å². The maximum atomic E-state index is 12.6. The monoisotopic (exact) mass is 273 g/mol. The average Bonchev–Trinajstić information content (AvgIpc) is 2.47. The van der Waals surface area contributed by atoms with Crippen LogP contribution in [0.2, 0.25) is 0 Å². The van der Waals surface area contributed by atoms with Gasteiger partial charge in [0.25, 0.3) is 0 Å². The first kappa shape index (κ1) is 13.3. The number of carbonyl (C=O) groups excluding carboxylic acids is 1. The Morgan fingerprint density at radius 2 is 1.95 bits per heavy atom. The van der Waals surface area contributed by atoms with Crippen molar-refractivity contribution >= 4 is 17.7 Å². The van der Waals surface area contributed by atoms with Crippen molar-refractivity contribution < 1.29 is 27.7 Å². The summed E-state index contributed by atoms with van der Waals surface area (Å²) in [5.74, 6) is 0. The minimum atomic E-state index is -4.54. The molecule has 0 unspecified atom stereocenters. The van der Waals surface area contributed by atoms with Crippen LogP contribution in [0.5, 0.6) is 0 Å². The van der Waals surface area contributed by atoms with Crippen LogP contribution in [-0.2, 0) is 6.18 Å². The van der Waals surface area contributed by atoms with E-state index >= 15 is 0 Å². The fourth-order valence-corrected chi connectivity index (χ4v) is 1.67. The number of amidine groups is 1. The first-order valence-corrected chi connectivity index (χ1v) is 5.26. The van der Waals surface area contributed by atoms with Crippen LogP contribution in [0.1, 0.15) is 5.56 Å². The number of rotatable bonds is 1. The minimum absolute atomic E-state index is 0.141. The zero-order valence-electron chi connectivity index (χ0n) is 10.1. The van der Waals surface area contributed by atoms with Crippen molar-refractivity contribution in [1.29, 1.82) is 0 Å². The SMILES string of the molecule is C[N+]1(C)N=C([O-])N(c2cccc(C(F)(F)F)c2)C1=O. The first-order valence-electron chi connectivity index (χ1n) is 5.26. The number of nitrogens with zero attached hydrogens (tertiary/aromatic N) is 3. The molecule has 1 aromatic carbocycles. The number of hydrogen-bond acceptors (Lipinski definition) is 3. The fraction of sp³-hybridized carbons (Fsp3) is 0.273. The van der Waals surface area contributed by atoms with Crippen molar-refractivity contribution in [3.8, 4) is 0 Å². The van der Waals surface area contributed by atoms with E-state index < -0.39 is 28.4 Å². The fourth-order valence-electron chi connectivity index (χ4n) is 1.67. The van der Waals surface area contributed by atoms with Crippen LogP contribution in [0.3, 0.4) is 0 Å². The molecule has 5 nitrogen and oxygen atoms in total. The number of carbonyl (C=O) groups is 1. The lowest BCUT2D eigenvalue weighted by atomic mass is 10.2. The minimum Gasteiger partial charge on any atom is -0.842 e. The van der Waals surface area contributed by atoms with E-state index in [9.17, 15) is 23.1 Å². The number of hydrogen-bond donors (Lipinski definition) is 0. The zero-order valence-corrected chi connectivity index (χ0v) is 10.1. The highest BCUT2D eigenvalue weighted by atomic mass is 19.4. The summed E-state index contributed by atoms with van der Waals surface area (Å²) >= 11 is 0. The molecule has 0 saturated carbocycles. The highest BCUT2D eigenvalue weighted by molar-refractivity contribution is 6.11. The maximum absolute atomic E-state index is 12.6. The molecule has 0 aromatic heterocycles. The van der Waals surface area contributed by atoms with Gasteiger partial charge in [-0.3, -0.25) is 0 Å². The molecule has 0 radical (unpaired) electrons. The van der Waals surface area contributed by atoms with Gasteiger partial charge in [-0.25, -0.2) is 9.69 Å². The summed E-state index contributed by atoms with van der Waals surface area (Å²) in [7, 11) is 2.74. The number of benzene rings is 1. The second-order valence-corrected chi connectivity index (χ2v) is 4.44. The summed E-state index contributed by atoms with van der Waals surface area (Å²) in [6.07, 6.45) is -4.54. The molecule has 0 saturated heterocycles.